The maximum absolute atomic E-state index is 6.15. The molecule has 0 unspecified atom stereocenters. The second kappa shape index (κ2) is 6.20. The Bertz CT molecular complexity index is 649. The summed E-state index contributed by atoms with van der Waals surface area (Å²) in [6.07, 6.45) is 1.73. The van der Waals surface area contributed by atoms with Crippen LogP contribution in [0, 0.1) is 0 Å². The number of pyridine rings is 1. The lowest BCUT2D eigenvalue weighted by Crippen LogP contribution is -2.12. The fourth-order valence-corrected chi connectivity index (χ4v) is 2.43. The van der Waals surface area contributed by atoms with Gasteiger partial charge in [-0.2, -0.15) is 0 Å². The van der Waals surface area contributed by atoms with Gasteiger partial charge in [-0.15, -0.1) is 0 Å². The second-order valence-electron chi connectivity index (χ2n) is 4.62. The van der Waals surface area contributed by atoms with Gasteiger partial charge in [0.1, 0.15) is 0 Å². The molecule has 1 aliphatic rings. The molecule has 0 fully saturated rings. The summed E-state index contributed by atoms with van der Waals surface area (Å²) < 4.78 is 15.7. The van der Waals surface area contributed by atoms with Crippen LogP contribution in [0.4, 0.5) is 0 Å². The molecule has 0 atom stereocenters. The van der Waals surface area contributed by atoms with E-state index in [1.54, 1.807) is 13.3 Å². The third kappa shape index (κ3) is 3.20. The molecule has 1 aromatic carbocycles. The van der Waals surface area contributed by atoms with Gasteiger partial charge in [-0.25, -0.2) is 4.98 Å². The van der Waals surface area contributed by atoms with E-state index in [2.05, 4.69) is 10.3 Å². The van der Waals surface area contributed by atoms with Crippen LogP contribution in [-0.4, -0.2) is 18.9 Å². The third-order valence-electron chi connectivity index (χ3n) is 3.15. The van der Waals surface area contributed by atoms with E-state index in [0.29, 0.717) is 35.5 Å². The first-order valence-electron chi connectivity index (χ1n) is 6.54. The molecule has 1 aliphatic heterocycles. The summed E-state index contributed by atoms with van der Waals surface area (Å²) in [4.78, 5) is 4.08. The molecule has 0 saturated heterocycles. The van der Waals surface area contributed by atoms with Crippen LogP contribution in [-0.2, 0) is 13.1 Å². The molecular weight excluding hydrogens is 292 g/mol. The minimum absolute atomic E-state index is 0.225. The Morgan fingerprint density at radius 2 is 2.10 bits per heavy atom. The number of methoxy groups -OCH3 is 1. The Hall–Kier alpha value is -1.98. The highest BCUT2D eigenvalue weighted by Gasteiger charge is 2.17. The standard InChI is InChI=1S/C15H15ClN2O3/c1-19-14-6-10(2-3-18-14)7-17-8-11-4-12(16)15-13(5-11)20-9-21-15/h2-6,17H,7-9H2,1H3. The van der Waals surface area contributed by atoms with Crippen molar-refractivity contribution in [2.24, 2.45) is 0 Å². The number of ether oxygens (including phenoxy) is 3. The van der Waals surface area contributed by atoms with Crippen LogP contribution in [0.1, 0.15) is 11.1 Å². The van der Waals surface area contributed by atoms with Crippen LogP contribution >= 0.6 is 11.6 Å². The highest BCUT2D eigenvalue weighted by Crippen LogP contribution is 2.39. The highest BCUT2D eigenvalue weighted by molar-refractivity contribution is 6.32. The number of nitrogens with one attached hydrogen (secondary N) is 1. The molecule has 1 aromatic heterocycles. The Labute approximate surface area is 127 Å². The Morgan fingerprint density at radius 3 is 2.95 bits per heavy atom. The smallest absolute Gasteiger partial charge is 0.231 e. The SMILES string of the molecule is COc1cc(CNCc2cc(Cl)c3c(c2)OCO3)ccn1. The molecule has 0 radical (unpaired) electrons. The first kappa shape index (κ1) is 14.0. The zero-order chi connectivity index (χ0) is 14.7. The number of halogens is 1. The summed E-state index contributed by atoms with van der Waals surface area (Å²) in [6.45, 7) is 1.62. The van der Waals surface area contributed by atoms with Crippen molar-refractivity contribution in [1.29, 1.82) is 0 Å². The van der Waals surface area contributed by atoms with E-state index in [4.69, 9.17) is 25.8 Å². The largest absolute Gasteiger partial charge is 0.481 e. The molecular formula is C15H15ClN2O3. The highest BCUT2D eigenvalue weighted by atomic mass is 35.5. The lowest BCUT2D eigenvalue weighted by Gasteiger charge is -2.08. The lowest BCUT2D eigenvalue weighted by atomic mass is 10.2. The average Bonchev–Trinajstić information content (AvgIpc) is 2.96. The van der Waals surface area contributed by atoms with E-state index in [9.17, 15) is 0 Å². The van der Waals surface area contributed by atoms with Gasteiger partial charge in [0.2, 0.25) is 12.7 Å². The third-order valence-corrected chi connectivity index (χ3v) is 3.43. The molecule has 2 aromatic rings. The van der Waals surface area contributed by atoms with Crippen LogP contribution in [0.5, 0.6) is 17.4 Å². The average molecular weight is 307 g/mol. The van der Waals surface area contributed by atoms with Gasteiger partial charge in [0.25, 0.3) is 0 Å². The molecule has 2 heterocycles. The van der Waals surface area contributed by atoms with E-state index in [1.807, 2.05) is 24.3 Å². The number of hydrogen-bond acceptors (Lipinski definition) is 5. The molecule has 0 saturated carbocycles. The molecule has 21 heavy (non-hydrogen) atoms. The zero-order valence-electron chi connectivity index (χ0n) is 11.6. The lowest BCUT2D eigenvalue weighted by molar-refractivity contribution is 0.174. The van der Waals surface area contributed by atoms with Gasteiger partial charge in [-0.05, 0) is 29.3 Å². The fraction of sp³-hybridized carbons (Fsp3) is 0.267. The zero-order valence-corrected chi connectivity index (χ0v) is 12.3. The van der Waals surface area contributed by atoms with Crippen molar-refractivity contribution in [3.63, 3.8) is 0 Å². The predicted octanol–water partition coefficient (Wildman–Crippen LogP) is 2.76. The molecule has 6 heteroatoms. The number of fused-ring (bicyclic) bond motifs is 1. The summed E-state index contributed by atoms with van der Waals surface area (Å²) in [7, 11) is 1.61. The normalized spacial score (nSPS) is 12.5. The topological polar surface area (TPSA) is 52.6 Å². The number of rotatable bonds is 5. The molecule has 0 amide bonds. The van der Waals surface area contributed by atoms with Crippen molar-refractivity contribution in [2.45, 2.75) is 13.1 Å². The van der Waals surface area contributed by atoms with E-state index in [1.165, 1.54) is 0 Å². The van der Waals surface area contributed by atoms with Gasteiger partial charge in [-0.1, -0.05) is 11.6 Å². The number of benzene rings is 1. The Balaban J connectivity index is 1.61. The number of hydrogen-bond donors (Lipinski definition) is 1. The van der Waals surface area contributed by atoms with E-state index in [0.717, 1.165) is 11.1 Å². The van der Waals surface area contributed by atoms with Crippen molar-refractivity contribution >= 4 is 11.6 Å². The molecule has 0 spiro atoms. The van der Waals surface area contributed by atoms with Gasteiger partial charge in [0, 0.05) is 25.4 Å². The second-order valence-corrected chi connectivity index (χ2v) is 5.03. The van der Waals surface area contributed by atoms with Crippen LogP contribution < -0.4 is 19.5 Å². The van der Waals surface area contributed by atoms with Gasteiger partial charge in [0.05, 0.1) is 12.1 Å². The summed E-state index contributed by atoms with van der Waals surface area (Å²) >= 11 is 6.15. The fourth-order valence-electron chi connectivity index (χ4n) is 2.15. The summed E-state index contributed by atoms with van der Waals surface area (Å²) in [5.41, 5.74) is 2.15. The maximum atomic E-state index is 6.15. The maximum Gasteiger partial charge on any atom is 0.231 e. The van der Waals surface area contributed by atoms with E-state index < -0.39 is 0 Å². The van der Waals surface area contributed by atoms with Crippen molar-refractivity contribution in [3.05, 3.63) is 46.6 Å². The summed E-state index contributed by atoms with van der Waals surface area (Å²) in [6, 6.07) is 7.67. The first-order chi connectivity index (χ1) is 10.3. The van der Waals surface area contributed by atoms with E-state index >= 15 is 0 Å². The number of aromatic nitrogens is 1. The molecule has 0 bridgehead atoms. The first-order valence-corrected chi connectivity index (χ1v) is 6.91. The molecule has 1 N–H and O–H groups in total. The van der Waals surface area contributed by atoms with Gasteiger partial charge in [0.15, 0.2) is 11.5 Å². The quantitative estimate of drug-likeness (QED) is 0.920. The summed E-state index contributed by atoms with van der Waals surface area (Å²) in [5, 5.41) is 3.93. The van der Waals surface area contributed by atoms with Gasteiger partial charge in [-0.3, -0.25) is 0 Å². The predicted molar refractivity (Wildman–Crippen MR) is 78.9 cm³/mol. The van der Waals surface area contributed by atoms with Crippen molar-refractivity contribution in [2.75, 3.05) is 13.9 Å². The van der Waals surface area contributed by atoms with Crippen LogP contribution in [0.25, 0.3) is 0 Å². The van der Waals surface area contributed by atoms with Crippen LogP contribution in [0.3, 0.4) is 0 Å². The monoisotopic (exact) mass is 306 g/mol. The van der Waals surface area contributed by atoms with Crippen LogP contribution in [0.2, 0.25) is 5.02 Å². The molecule has 110 valence electrons. The minimum atomic E-state index is 0.225. The molecule has 5 nitrogen and oxygen atoms in total. The van der Waals surface area contributed by atoms with Crippen molar-refractivity contribution < 1.29 is 14.2 Å². The van der Waals surface area contributed by atoms with Gasteiger partial charge >= 0.3 is 0 Å². The molecule has 3 rings (SSSR count). The van der Waals surface area contributed by atoms with E-state index in [-0.39, 0.29) is 6.79 Å². The van der Waals surface area contributed by atoms with Crippen molar-refractivity contribution in [1.82, 2.24) is 10.3 Å². The van der Waals surface area contributed by atoms with Crippen LogP contribution in [0.15, 0.2) is 30.5 Å². The van der Waals surface area contributed by atoms with Crippen molar-refractivity contribution in [3.8, 4) is 17.4 Å². The number of nitrogens with zero attached hydrogens (tertiary/aromatic N) is 1. The Kier molecular flexibility index (Phi) is 4.13. The minimum Gasteiger partial charge on any atom is -0.481 e. The Morgan fingerprint density at radius 1 is 1.24 bits per heavy atom. The molecule has 0 aliphatic carbocycles. The van der Waals surface area contributed by atoms with Gasteiger partial charge < -0.3 is 19.5 Å². The summed E-state index contributed by atoms with van der Waals surface area (Å²) in [5.74, 6) is 1.93.